The summed E-state index contributed by atoms with van der Waals surface area (Å²) in [7, 11) is 0. The van der Waals surface area contributed by atoms with Gasteiger partial charge in [-0.15, -0.1) is 0 Å². The Bertz CT molecular complexity index is 582. The van der Waals surface area contributed by atoms with E-state index >= 15 is 0 Å². The van der Waals surface area contributed by atoms with Crippen LogP contribution in [0.25, 0.3) is 11.0 Å². The van der Waals surface area contributed by atoms with Gasteiger partial charge in [0.2, 0.25) is 0 Å². The van der Waals surface area contributed by atoms with E-state index in [4.69, 9.17) is 0 Å². The lowest BCUT2D eigenvalue weighted by molar-refractivity contribution is 0.203. The van der Waals surface area contributed by atoms with E-state index in [0.717, 1.165) is 47.1 Å². The van der Waals surface area contributed by atoms with Crippen molar-refractivity contribution in [2.75, 3.05) is 24.6 Å². The molecular weight excluding hydrogens is 306 g/mol. The molecule has 0 amide bonds. The third-order valence-electron chi connectivity index (χ3n) is 3.74. The van der Waals surface area contributed by atoms with E-state index < -0.39 is 0 Å². The number of fused-ring (bicyclic) bond motifs is 1. The molecule has 1 aliphatic rings. The second kappa shape index (κ2) is 5.43. The van der Waals surface area contributed by atoms with Crippen molar-refractivity contribution in [3.63, 3.8) is 0 Å². The Morgan fingerprint density at radius 2 is 2.11 bits per heavy atom. The third-order valence-corrected chi connectivity index (χ3v) is 4.17. The first-order valence-corrected chi connectivity index (χ1v) is 7.33. The molecule has 0 unspecified atom stereocenters. The van der Waals surface area contributed by atoms with Crippen molar-refractivity contribution in [2.45, 2.75) is 12.8 Å². The Balaban J connectivity index is 1.93. The van der Waals surface area contributed by atoms with Gasteiger partial charge in [-0.05, 0) is 46.8 Å². The second-order valence-corrected chi connectivity index (χ2v) is 5.88. The molecule has 0 aliphatic carbocycles. The van der Waals surface area contributed by atoms with Gasteiger partial charge in [0.15, 0.2) is 0 Å². The molecule has 19 heavy (non-hydrogen) atoms. The number of aromatic nitrogens is 2. The molecule has 0 aromatic carbocycles. The van der Waals surface area contributed by atoms with Gasteiger partial charge in [-0.1, -0.05) is 0 Å². The molecule has 0 spiro atoms. The van der Waals surface area contributed by atoms with Crippen LogP contribution in [0.2, 0.25) is 0 Å². The molecule has 5 heteroatoms. The number of pyridine rings is 2. The van der Waals surface area contributed by atoms with E-state index in [1.807, 2.05) is 24.5 Å². The zero-order valence-electron chi connectivity index (χ0n) is 10.6. The lowest BCUT2D eigenvalue weighted by atomic mass is 9.97. The first-order chi connectivity index (χ1) is 9.28. The summed E-state index contributed by atoms with van der Waals surface area (Å²) in [5.41, 5.74) is 3.01. The van der Waals surface area contributed by atoms with E-state index in [1.165, 1.54) is 0 Å². The molecule has 1 fully saturated rings. The molecule has 0 radical (unpaired) electrons. The van der Waals surface area contributed by atoms with Crippen LogP contribution in [-0.2, 0) is 0 Å². The van der Waals surface area contributed by atoms with Crippen LogP contribution in [0.15, 0.2) is 29.0 Å². The Hall–Kier alpha value is -1.20. The van der Waals surface area contributed by atoms with Crippen molar-refractivity contribution in [3.05, 3.63) is 29.0 Å². The van der Waals surface area contributed by atoms with Crippen molar-refractivity contribution in [2.24, 2.45) is 5.92 Å². The first-order valence-electron chi connectivity index (χ1n) is 6.54. The van der Waals surface area contributed by atoms with Gasteiger partial charge in [0, 0.05) is 36.6 Å². The van der Waals surface area contributed by atoms with Gasteiger partial charge in [-0.2, -0.15) is 0 Å². The Morgan fingerprint density at radius 3 is 2.84 bits per heavy atom. The zero-order valence-corrected chi connectivity index (χ0v) is 12.2. The van der Waals surface area contributed by atoms with Crippen LogP contribution in [0, 0.1) is 5.92 Å². The van der Waals surface area contributed by atoms with Gasteiger partial charge in [0.1, 0.15) is 5.52 Å². The number of nitrogens with zero attached hydrogens (tertiary/aromatic N) is 3. The topological polar surface area (TPSA) is 49.2 Å². The van der Waals surface area contributed by atoms with Gasteiger partial charge in [0.05, 0.1) is 11.2 Å². The highest BCUT2D eigenvalue weighted by atomic mass is 79.9. The monoisotopic (exact) mass is 321 g/mol. The van der Waals surface area contributed by atoms with Gasteiger partial charge in [0.25, 0.3) is 0 Å². The van der Waals surface area contributed by atoms with Gasteiger partial charge in [-0.3, -0.25) is 9.97 Å². The molecule has 2 aromatic heterocycles. The van der Waals surface area contributed by atoms with E-state index in [9.17, 15) is 5.11 Å². The fraction of sp³-hybridized carbons (Fsp3) is 0.429. The van der Waals surface area contributed by atoms with Gasteiger partial charge < -0.3 is 10.0 Å². The molecule has 3 rings (SSSR count). The quantitative estimate of drug-likeness (QED) is 0.923. The summed E-state index contributed by atoms with van der Waals surface area (Å²) in [6.07, 6.45) is 5.73. The molecule has 1 N–H and O–H groups in total. The highest BCUT2D eigenvalue weighted by molar-refractivity contribution is 9.10. The maximum Gasteiger partial charge on any atom is 0.112 e. The molecule has 0 bridgehead atoms. The minimum atomic E-state index is 0.302. The minimum Gasteiger partial charge on any atom is -0.396 e. The van der Waals surface area contributed by atoms with Gasteiger partial charge >= 0.3 is 0 Å². The van der Waals surface area contributed by atoms with Crippen molar-refractivity contribution < 1.29 is 5.11 Å². The zero-order chi connectivity index (χ0) is 13.2. The Kier molecular flexibility index (Phi) is 3.66. The van der Waals surface area contributed by atoms with Crippen molar-refractivity contribution in [1.82, 2.24) is 9.97 Å². The molecule has 1 saturated heterocycles. The third kappa shape index (κ3) is 2.58. The molecule has 2 aromatic rings. The van der Waals surface area contributed by atoms with Gasteiger partial charge in [-0.25, -0.2) is 0 Å². The predicted molar refractivity (Wildman–Crippen MR) is 79.3 cm³/mol. The maximum atomic E-state index is 9.20. The number of hydrogen-bond acceptors (Lipinski definition) is 4. The van der Waals surface area contributed by atoms with Crippen molar-refractivity contribution >= 4 is 32.7 Å². The summed E-state index contributed by atoms with van der Waals surface area (Å²) in [4.78, 5) is 11.2. The number of aliphatic hydroxyl groups is 1. The molecular formula is C14H16BrN3O. The molecule has 100 valence electrons. The highest BCUT2D eigenvalue weighted by Crippen LogP contribution is 2.28. The van der Waals surface area contributed by atoms with E-state index in [0.29, 0.717) is 12.5 Å². The Labute approximate surface area is 120 Å². The number of piperidine rings is 1. The number of hydrogen-bond donors (Lipinski definition) is 1. The molecule has 1 aliphatic heterocycles. The summed E-state index contributed by atoms with van der Waals surface area (Å²) in [6.45, 7) is 2.25. The van der Waals surface area contributed by atoms with Crippen LogP contribution in [0.1, 0.15) is 12.8 Å². The average molecular weight is 322 g/mol. The average Bonchev–Trinajstić information content (AvgIpc) is 2.46. The molecule has 0 atom stereocenters. The highest BCUT2D eigenvalue weighted by Gasteiger charge is 2.20. The van der Waals surface area contributed by atoms with Crippen LogP contribution in [-0.4, -0.2) is 34.8 Å². The van der Waals surface area contributed by atoms with Crippen molar-refractivity contribution in [3.8, 4) is 0 Å². The number of anilines is 1. The standard InChI is InChI=1S/C14H16BrN3O/c15-11-7-12-14(17-8-11)13(1-4-16-12)18-5-2-10(9-19)3-6-18/h1,4,7-8,10,19H,2-3,5-6,9H2. The summed E-state index contributed by atoms with van der Waals surface area (Å²) in [6, 6.07) is 4.02. The smallest absolute Gasteiger partial charge is 0.112 e. The van der Waals surface area contributed by atoms with E-state index in [1.54, 1.807) is 0 Å². The fourth-order valence-electron chi connectivity index (χ4n) is 2.60. The van der Waals surface area contributed by atoms with Crippen LogP contribution in [0.3, 0.4) is 0 Å². The van der Waals surface area contributed by atoms with Crippen LogP contribution >= 0.6 is 15.9 Å². The molecule has 4 nitrogen and oxygen atoms in total. The number of rotatable bonds is 2. The lowest BCUT2D eigenvalue weighted by Gasteiger charge is -2.33. The van der Waals surface area contributed by atoms with Crippen LogP contribution in [0.4, 0.5) is 5.69 Å². The summed E-state index contributed by atoms with van der Waals surface area (Å²) >= 11 is 3.43. The summed E-state index contributed by atoms with van der Waals surface area (Å²) in [5.74, 6) is 0.450. The lowest BCUT2D eigenvalue weighted by Crippen LogP contribution is -2.34. The largest absolute Gasteiger partial charge is 0.396 e. The van der Waals surface area contributed by atoms with Crippen LogP contribution < -0.4 is 4.90 Å². The normalized spacial score (nSPS) is 17.1. The van der Waals surface area contributed by atoms with E-state index in [-0.39, 0.29) is 0 Å². The molecule has 3 heterocycles. The molecule has 0 saturated carbocycles. The maximum absolute atomic E-state index is 9.20. The Morgan fingerprint density at radius 1 is 1.32 bits per heavy atom. The van der Waals surface area contributed by atoms with E-state index in [2.05, 4.69) is 30.8 Å². The SMILES string of the molecule is OCC1CCN(c2ccnc3cc(Br)cnc23)CC1. The summed E-state index contributed by atoms with van der Waals surface area (Å²) < 4.78 is 0.948. The first kappa shape index (κ1) is 12.8. The van der Waals surface area contributed by atoms with Crippen LogP contribution in [0.5, 0.6) is 0 Å². The fourth-order valence-corrected chi connectivity index (χ4v) is 2.92. The number of aliphatic hydroxyl groups excluding tert-OH is 1. The van der Waals surface area contributed by atoms with Crippen molar-refractivity contribution in [1.29, 1.82) is 0 Å². The summed E-state index contributed by atoms with van der Waals surface area (Å²) in [5, 5.41) is 9.20. The number of halogens is 1. The second-order valence-electron chi connectivity index (χ2n) is 4.96. The predicted octanol–water partition coefficient (Wildman–Crippen LogP) is 2.60. The minimum absolute atomic E-state index is 0.302.